The number of nitrogens with zero attached hydrogens (tertiary/aromatic N) is 2. The van der Waals surface area contributed by atoms with Gasteiger partial charge < -0.3 is 20.8 Å². The first-order valence-corrected chi connectivity index (χ1v) is 7.61. The highest BCUT2D eigenvalue weighted by atomic mass is 16.4. The summed E-state index contributed by atoms with van der Waals surface area (Å²) in [6.45, 7) is 5.06. The first-order chi connectivity index (χ1) is 10.4. The zero-order chi connectivity index (χ0) is 16.5. The summed E-state index contributed by atoms with van der Waals surface area (Å²) >= 11 is 0. The minimum absolute atomic E-state index is 0.198. The molecular weight excluding hydrogens is 290 g/mol. The van der Waals surface area contributed by atoms with Crippen LogP contribution < -0.4 is 5.73 Å². The van der Waals surface area contributed by atoms with Crippen LogP contribution in [-0.2, 0) is 14.4 Å². The van der Waals surface area contributed by atoms with E-state index in [2.05, 4.69) is 9.80 Å². The van der Waals surface area contributed by atoms with Gasteiger partial charge in [-0.2, -0.15) is 0 Å². The number of hydrogen-bond donors (Lipinski definition) is 3. The van der Waals surface area contributed by atoms with E-state index in [-0.39, 0.29) is 5.91 Å². The maximum Gasteiger partial charge on any atom is 0.414 e. The summed E-state index contributed by atoms with van der Waals surface area (Å²) in [5.74, 6) is -3.85. The van der Waals surface area contributed by atoms with Crippen molar-refractivity contribution in [3.05, 3.63) is 0 Å². The molecule has 0 bridgehead atoms. The molecule has 2 saturated heterocycles. The van der Waals surface area contributed by atoms with Gasteiger partial charge in [0.1, 0.15) is 0 Å². The zero-order valence-electron chi connectivity index (χ0n) is 12.7. The Hall–Kier alpha value is -1.67. The monoisotopic (exact) mass is 315 g/mol. The third-order valence-corrected chi connectivity index (χ3v) is 4.03. The number of hydrogen-bond acceptors (Lipinski definition) is 5. The molecule has 4 N–H and O–H groups in total. The predicted molar refractivity (Wildman–Crippen MR) is 79.4 cm³/mol. The quantitative estimate of drug-likeness (QED) is 0.604. The normalized spacial score (nSPS) is 20.7. The van der Waals surface area contributed by atoms with E-state index in [1.807, 2.05) is 0 Å². The van der Waals surface area contributed by atoms with Crippen LogP contribution >= 0.6 is 0 Å². The molecule has 2 heterocycles. The predicted octanol–water partition coefficient (Wildman–Crippen LogP) is -0.422. The van der Waals surface area contributed by atoms with Crippen molar-refractivity contribution in [3.63, 3.8) is 0 Å². The topological polar surface area (TPSA) is 124 Å². The first kappa shape index (κ1) is 18.4. The van der Waals surface area contributed by atoms with Crippen molar-refractivity contribution < 1.29 is 24.6 Å². The Labute approximate surface area is 129 Å². The highest BCUT2D eigenvalue weighted by molar-refractivity contribution is 6.27. The van der Waals surface area contributed by atoms with Crippen molar-refractivity contribution in [1.82, 2.24) is 9.80 Å². The van der Waals surface area contributed by atoms with Gasteiger partial charge in [0, 0.05) is 19.1 Å². The maximum atomic E-state index is 10.8. The van der Waals surface area contributed by atoms with E-state index in [9.17, 15) is 4.79 Å². The van der Waals surface area contributed by atoms with Gasteiger partial charge in [0.05, 0.1) is 6.54 Å². The van der Waals surface area contributed by atoms with E-state index in [1.165, 1.54) is 45.2 Å². The van der Waals surface area contributed by atoms with Crippen LogP contribution in [0.2, 0.25) is 0 Å². The Morgan fingerprint density at radius 3 is 1.82 bits per heavy atom. The number of carboxylic acids is 2. The lowest BCUT2D eigenvalue weighted by Crippen LogP contribution is -2.48. The largest absolute Gasteiger partial charge is 0.473 e. The minimum atomic E-state index is -1.82. The van der Waals surface area contributed by atoms with Crippen molar-refractivity contribution >= 4 is 17.8 Å². The number of likely N-dealkylation sites (tertiary alicyclic amines) is 2. The lowest BCUT2D eigenvalue weighted by atomic mass is 10.00. The molecule has 0 aromatic rings. The van der Waals surface area contributed by atoms with Crippen LogP contribution in [0.25, 0.3) is 0 Å². The first-order valence-electron chi connectivity index (χ1n) is 7.61. The molecule has 0 aromatic carbocycles. The van der Waals surface area contributed by atoms with Gasteiger partial charge in [-0.15, -0.1) is 0 Å². The zero-order valence-corrected chi connectivity index (χ0v) is 12.7. The number of aliphatic carboxylic acids is 2. The molecule has 0 radical (unpaired) electrons. The molecule has 2 fully saturated rings. The highest BCUT2D eigenvalue weighted by Gasteiger charge is 2.25. The molecule has 0 atom stereocenters. The lowest BCUT2D eigenvalue weighted by Gasteiger charge is -2.39. The van der Waals surface area contributed by atoms with Crippen molar-refractivity contribution in [3.8, 4) is 0 Å². The summed E-state index contributed by atoms with van der Waals surface area (Å²) in [5.41, 5.74) is 5.21. The van der Waals surface area contributed by atoms with Crippen molar-refractivity contribution in [2.45, 2.75) is 38.1 Å². The van der Waals surface area contributed by atoms with Gasteiger partial charge >= 0.3 is 11.9 Å². The molecule has 2 aliphatic rings. The molecule has 22 heavy (non-hydrogen) atoms. The van der Waals surface area contributed by atoms with Gasteiger partial charge in [0.15, 0.2) is 0 Å². The van der Waals surface area contributed by atoms with E-state index >= 15 is 0 Å². The second-order valence-corrected chi connectivity index (χ2v) is 5.68. The number of rotatable bonds is 3. The summed E-state index contributed by atoms with van der Waals surface area (Å²) in [6.07, 6.45) is 6.53. The Morgan fingerprint density at radius 2 is 1.41 bits per heavy atom. The summed E-state index contributed by atoms with van der Waals surface area (Å²) in [4.78, 5) is 33.8. The summed E-state index contributed by atoms with van der Waals surface area (Å²) < 4.78 is 0. The second-order valence-electron chi connectivity index (χ2n) is 5.68. The summed E-state index contributed by atoms with van der Waals surface area (Å²) in [5, 5.41) is 14.8. The van der Waals surface area contributed by atoms with Crippen LogP contribution in [-0.4, -0.2) is 76.6 Å². The molecule has 126 valence electrons. The molecule has 0 aromatic heterocycles. The minimum Gasteiger partial charge on any atom is -0.473 e. The van der Waals surface area contributed by atoms with Crippen LogP contribution in [0.4, 0.5) is 0 Å². The fraction of sp³-hybridized carbons (Fsp3) is 0.786. The third kappa shape index (κ3) is 6.86. The molecule has 8 heteroatoms. The van der Waals surface area contributed by atoms with Gasteiger partial charge in [-0.25, -0.2) is 9.59 Å². The van der Waals surface area contributed by atoms with E-state index in [4.69, 9.17) is 25.5 Å². The second kappa shape index (κ2) is 9.37. The third-order valence-electron chi connectivity index (χ3n) is 4.03. The van der Waals surface area contributed by atoms with E-state index in [0.717, 1.165) is 19.1 Å². The summed E-state index contributed by atoms with van der Waals surface area (Å²) in [7, 11) is 0. The molecule has 2 aliphatic heterocycles. The Morgan fingerprint density at radius 1 is 0.909 bits per heavy atom. The van der Waals surface area contributed by atoms with Gasteiger partial charge in [-0.1, -0.05) is 6.42 Å². The van der Waals surface area contributed by atoms with Crippen LogP contribution in [0, 0.1) is 0 Å². The van der Waals surface area contributed by atoms with E-state index < -0.39 is 11.9 Å². The number of nitrogens with two attached hydrogens (primary N) is 1. The molecule has 1 amide bonds. The van der Waals surface area contributed by atoms with E-state index in [1.54, 1.807) is 0 Å². The van der Waals surface area contributed by atoms with Crippen molar-refractivity contribution in [2.75, 3.05) is 32.7 Å². The van der Waals surface area contributed by atoms with Gasteiger partial charge in [-0.3, -0.25) is 9.69 Å². The molecule has 0 spiro atoms. The number of primary amides is 1. The molecule has 0 saturated carbocycles. The number of carbonyl (C=O) groups is 3. The smallest absolute Gasteiger partial charge is 0.414 e. The Balaban J connectivity index is 0.000000346. The molecular formula is C14H25N3O5. The highest BCUT2D eigenvalue weighted by Crippen LogP contribution is 2.20. The Kier molecular flexibility index (Phi) is 7.83. The van der Waals surface area contributed by atoms with Crippen LogP contribution in [0.1, 0.15) is 32.1 Å². The average molecular weight is 315 g/mol. The van der Waals surface area contributed by atoms with Crippen LogP contribution in [0.15, 0.2) is 0 Å². The number of piperidine rings is 2. The average Bonchev–Trinajstić information content (AvgIpc) is 2.49. The molecule has 8 nitrogen and oxygen atoms in total. The molecule has 2 rings (SSSR count). The molecule has 0 aliphatic carbocycles. The fourth-order valence-corrected chi connectivity index (χ4v) is 2.95. The van der Waals surface area contributed by atoms with Crippen LogP contribution in [0.5, 0.6) is 0 Å². The fourth-order valence-electron chi connectivity index (χ4n) is 2.95. The van der Waals surface area contributed by atoms with Gasteiger partial charge in [0.25, 0.3) is 0 Å². The van der Waals surface area contributed by atoms with Crippen molar-refractivity contribution in [1.29, 1.82) is 0 Å². The van der Waals surface area contributed by atoms with Gasteiger partial charge in [-0.05, 0) is 38.8 Å². The Bertz CT molecular complexity index is 376. The van der Waals surface area contributed by atoms with Gasteiger partial charge in [0.2, 0.25) is 5.91 Å². The van der Waals surface area contributed by atoms with E-state index in [0.29, 0.717) is 6.54 Å². The standard InChI is InChI=1S/C12H23N3O.C2H2O4/c13-12(16)10-14-8-4-11(5-9-14)15-6-2-1-3-7-15;3-1(4)2(5)6/h11H,1-10H2,(H2,13,16);(H,3,4)(H,5,6). The number of carboxylic acid groups (broad SMARTS) is 2. The number of amides is 1. The SMILES string of the molecule is NC(=O)CN1CCC(N2CCCCC2)CC1.O=C(O)C(=O)O. The molecule has 0 unspecified atom stereocenters. The summed E-state index contributed by atoms with van der Waals surface area (Å²) in [6, 6.07) is 0.754. The lowest BCUT2D eigenvalue weighted by molar-refractivity contribution is -0.159. The van der Waals surface area contributed by atoms with Crippen LogP contribution in [0.3, 0.4) is 0 Å². The number of carbonyl (C=O) groups excluding carboxylic acids is 1. The van der Waals surface area contributed by atoms with Crippen molar-refractivity contribution in [2.24, 2.45) is 5.73 Å². The maximum absolute atomic E-state index is 10.8.